The zero-order valence-corrected chi connectivity index (χ0v) is 18.9. The SMILES string of the molecule is CCOc1ccc(C(=O)Nc2ccc(OC(F)(F)F)cc2)cc1C(=O)Nc1ccc(OC(F)(F)F)cc1. The second kappa shape index (κ2) is 11.1. The highest BCUT2D eigenvalue weighted by Gasteiger charge is 2.31. The summed E-state index contributed by atoms with van der Waals surface area (Å²) in [7, 11) is 0. The van der Waals surface area contributed by atoms with Gasteiger partial charge in [-0.3, -0.25) is 9.59 Å². The van der Waals surface area contributed by atoms with Crippen LogP contribution >= 0.6 is 0 Å². The van der Waals surface area contributed by atoms with Crippen LogP contribution in [0.5, 0.6) is 17.2 Å². The van der Waals surface area contributed by atoms with E-state index in [4.69, 9.17) is 4.74 Å². The van der Waals surface area contributed by atoms with Crippen LogP contribution < -0.4 is 24.8 Å². The van der Waals surface area contributed by atoms with E-state index in [-0.39, 0.29) is 34.9 Å². The lowest BCUT2D eigenvalue weighted by Crippen LogP contribution is -2.18. The van der Waals surface area contributed by atoms with E-state index in [1.807, 2.05) is 0 Å². The fourth-order valence-corrected chi connectivity index (χ4v) is 3.01. The molecule has 7 nitrogen and oxygen atoms in total. The lowest BCUT2D eigenvalue weighted by molar-refractivity contribution is -0.275. The molecule has 0 spiro atoms. The Kier molecular flexibility index (Phi) is 8.15. The van der Waals surface area contributed by atoms with Gasteiger partial charge in [0.05, 0.1) is 12.2 Å². The molecule has 3 aromatic rings. The van der Waals surface area contributed by atoms with Crippen molar-refractivity contribution in [2.75, 3.05) is 17.2 Å². The summed E-state index contributed by atoms with van der Waals surface area (Å²) in [6, 6.07) is 12.9. The van der Waals surface area contributed by atoms with Crippen LogP contribution in [0.3, 0.4) is 0 Å². The minimum atomic E-state index is -4.86. The molecule has 0 aromatic heterocycles. The number of ether oxygens (including phenoxy) is 3. The Hall–Kier alpha value is -4.42. The van der Waals surface area contributed by atoms with E-state index in [2.05, 4.69) is 20.1 Å². The van der Waals surface area contributed by atoms with Crippen LogP contribution in [0.4, 0.5) is 37.7 Å². The lowest BCUT2D eigenvalue weighted by Gasteiger charge is -2.14. The van der Waals surface area contributed by atoms with Crippen molar-refractivity contribution in [3.8, 4) is 17.2 Å². The fraction of sp³-hybridized carbons (Fsp3) is 0.167. The zero-order valence-electron chi connectivity index (χ0n) is 18.9. The Labute approximate surface area is 205 Å². The van der Waals surface area contributed by atoms with Gasteiger partial charge in [-0.1, -0.05) is 0 Å². The molecule has 0 heterocycles. The van der Waals surface area contributed by atoms with Crippen molar-refractivity contribution in [3.63, 3.8) is 0 Å². The van der Waals surface area contributed by atoms with Gasteiger partial charge in [-0.05, 0) is 73.7 Å². The molecular formula is C24H18F6N2O5. The van der Waals surface area contributed by atoms with Gasteiger partial charge in [0.25, 0.3) is 11.8 Å². The summed E-state index contributed by atoms with van der Waals surface area (Å²) in [6.07, 6.45) is -9.72. The van der Waals surface area contributed by atoms with E-state index < -0.39 is 36.0 Å². The van der Waals surface area contributed by atoms with Crippen LogP contribution in [0.25, 0.3) is 0 Å². The molecular weight excluding hydrogens is 510 g/mol. The van der Waals surface area contributed by atoms with Crippen LogP contribution in [-0.2, 0) is 0 Å². The molecule has 37 heavy (non-hydrogen) atoms. The van der Waals surface area contributed by atoms with Crippen LogP contribution in [0.1, 0.15) is 27.6 Å². The zero-order chi connectivity index (χ0) is 27.2. The molecule has 0 saturated heterocycles. The highest BCUT2D eigenvalue weighted by molar-refractivity contribution is 6.10. The van der Waals surface area contributed by atoms with E-state index in [9.17, 15) is 35.9 Å². The second-order valence-electron chi connectivity index (χ2n) is 7.20. The predicted molar refractivity (Wildman–Crippen MR) is 120 cm³/mol. The van der Waals surface area contributed by atoms with Crippen LogP contribution in [-0.4, -0.2) is 31.1 Å². The van der Waals surface area contributed by atoms with E-state index in [1.54, 1.807) is 6.92 Å². The van der Waals surface area contributed by atoms with Gasteiger partial charge in [0, 0.05) is 16.9 Å². The second-order valence-corrected chi connectivity index (χ2v) is 7.20. The highest BCUT2D eigenvalue weighted by Crippen LogP contribution is 2.27. The number of nitrogens with one attached hydrogen (secondary N) is 2. The topological polar surface area (TPSA) is 85.9 Å². The monoisotopic (exact) mass is 528 g/mol. The molecule has 3 rings (SSSR count). The standard InChI is InChI=1S/C24H18F6N2O5/c1-2-35-20-12-3-14(21(33)31-15-4-8-17(9-5-15)36-23(25,26)27)13-19(20)22(34)32-16-6-10-18(11-7-16)37-24(28,29)30/h3-13H,2H2,1H3,(H,31,33)(H,32,34). The molecule has 0 aliphatic carbocycles. The van der Waals surface area contributed by atoms with Gasteiger partial charge in [0.2, 0.25) is 0 Å². The minimum absolute atomic E-state index is 0.0261. The third-order valence-corrected chi connectivity index (χ3v) is 4.48. The third-order valence-electron chi connectivity index (χ3n) is 4.48. The summed E-state index contributed by atoms with van der Waals surface area (Å²) in [4.78, 5) is 25.5. The molecule has 0 aliphatic rings. The number of benzene rings is 3. The average molecular weight is 528 g/mol. The summed E-state index contributed by atoms with van der Waals surface area (Å²) in [5, 5.41) is 4.98. The molecule has 0 saturated carbocycles. The third kappa shape index (κ3) is 8.33. The van der Waals surface area contributed by atoms with E-state index >= 15 is 0 Å². The molecule has 3 aromatic carbocycles. The first-order chi connectivity index (χ1) is 17.3. The molecule has 0 aliphatic heterocycles. The maximum absolute atomic E-state index is 12.9. The quantitative estimate of drug-likeness (QED) is 0.331. The molecule has 0 bridgehead atoms. The van der Waals surface area contributed by atoms with E-state index in [0.717, 1.165) is 24.3 Å². The molecule has 0 fully saturated rings. The van der Waals surface area contributed by atoms with Crippen molar-refractivity contribution in [1.82, 2.24) is 0 Å². The van der Waals surface area contributed by atoms with E-state index in [1.165, 1.54) is 42.5 Å². The fourth-order valence-electron chi connectivity index (χ4n) is 3.01. The molecule has 0 unspecified atom stereocenters. The number of amides is 2. The number of halogens is 6. The first-order valence-corrected chi connectivity index (χ1v) is 10.4. The van der Waals surface area contributed by atoms with Crippen molar-refractivity contribution in [2.24, 2.45) is 0 Å². The van der Waals surface area contributed by atoms with Crippen LogP contribution in [0.15, 0.2) is 66.7 Å². The highest BCUT2D eigenvalue weighted by atomic mass is 19.4. The first kappa shape index (κ1) is 27.2. The number of carbonyl (C=O) groups is 2. The van der Waals surface area contributed by atoms with E-state index in [0.29, 0.717) is 0 Å². The van der Waals surface area contributed by atoms with Crippen molar-refractivity contribution < 1.29 is 50.1 Å². The number of carbonyl (C=O) groups excluding carboxylic acids is 2. The number of hydrogen-bond donors (Lipinski definition) is 2. The van der Waals surface area contributed by atoms with Crippen molar-refractivity contribution in [3.05, 3.63) is 77.9 Å². The molecule has 2 N–H and O–H groups in total. The normalized spacial score (nSPS) is 11.4. The van der Waals surface area contributed by atoms with Crippen LogP contribution in [0.2, 0.25) is 0 Å². The molecule has 196 valence electrons. The number of alkyl halides is 6. The van der Waals surface area contributed by atoms with Gasteiger partial charge in [0.1, 0.15) is 17.2 Å². The Bertz CT molecular complexity index is 1240. The first-order valence-electron chi connectivity index (χ1n) is 10.4. The van der Waals surface area contributed by atoms with Gasteiger partial charge < -0.3 is 24.8 Å². The smallest absolute Gasteiger partial charge is 0.493 e. The molecule has 0 radical (unpaired) electrons. The summed E-state index contributed by atoms with van der Waals surface area (Å²) in [5.41, 5.74) is 0.302. The Balaban J connectivity index is 1.75. The maximum atomic E-state index is 12.9. The molecule has 13 heteroatoms. The maximum Gasteiger partial charge on any atom is 0.573 e. The Morgan fingerprint density at radius 2 is 1.16 bits per heavy atom. The van der Waals surface area contributed by atoms with Gasteiger partial charge in [-0.2, -0.15) is 0 Å². The lowest BCUT2D eigenvalue weighted by atomic mass is 10.1. The summed E-state index contributed by atoms with van der Waals surface area (Å²) >= 11 is 0. The summed E-state index contributed by atoms with van der Waals surface area (Å²) in [5.74, 6) is -2.19. The van der Waals surface area contributed by atoms with Gasteiger partial charge in [-0.25, -0.2) is 0 Å². The van der Waals surface area contributed by atoms with Gasteiger partial charge in [0.15, 0.2) is 0 Å². The van der Waals surface area contributed by atoms with Crippen molar-refractivity contribution in [1.29, 1.82) is 0 Å². The van der Waals surface area contributed by atoms with Gasteiger partial charge >= 0.3 is 12.7 Å². The molecule has 0 atom stereocenters. The van der Waals surface area contributed by atoms with Crippen molar-refractivity contribution >= 4 is 23.2 Å². The predicted octanol–water partition coefficient (Wildman–Crippen LogP) is 6.39. The minimum Gasteiger partial charge on any atom is -0.493 e. The molecule has 2 amide bonds. The van der Waals surface area contributed by atoms with Crippen molar-refractivity contribution in [2.45, 2.75) is 19.6 Å². The largest absolute Gasteiger partial charge is 0.573 e. The Morgan fingerprint density at radius 3 is 1.59 bits per heavy atom. The summed E-state index contributed by atoms with van der Waals surface area (Å²) < 4.78 is 86.8. The number of anilines is 2. The number of rotatable bonds is 8. The average Bonchev–Trinajstić information content (AvgIpc) is 2.80. The summed E-state index contributed by atoms with van der Waals surface area (Å²) in [6.45, 7) is 1.87. The number of hydrogen-bond acceptors (Lipinski definition) is 5. The Morgan fingerprint density at radius 1 is 0.703 bits per heavy atom. The van der Waals surface area contributed by atoms with Gasteiger partial charge in [-0.15, -0.1) is 26.3 Å². The van der Waals surface area contributed by atoms with Crippen LogP contribution in [0, 0.1) is 0 Å².